The lowest BCUT2D eigenvalue weighted by Crippen LogP contribution is -2.48. The molecule has 19 heavy (non-hydrogen) atoms. The number of piperidine rings is 1. The second-order valence-electron chi connectivity index (χ2n) is 5.43. The van der Waals surface area contributed by atoms with Crippen LogP contribution in [0.3, 0.4) is 0 Å². The van der Waals surface area contributed by atoms with Gasteiger partial charge in [-0.3, -0.25) is 4.90 Å². The van der Waals surface area contributed by atoms with Crippen LogP contribution in [0.4, 0.5) is 0 Å². The standard InChI is InChI=1S/C16H27N3/c1-2-19(13-15-7-4-3-5-8-15)16-9-6-11-18(14-16)12-10-17/h3-5,7-8,16H,2,6,9-14,17H2,1H3/t16-/m0/s1. The number of likely N-dealkylation sites (N-methyl/N-ethyl adjacent to an activating group) is 1. The molecule has 1 atom stereocenters. The number of nitrogens with two attached hydrogens (primary N) is 1. The molecule has 1 aliphatic heterocycles. The van der Waals surface area contributed by atoms with Crippen LogP contribution in [0.25, 0.3) is 0 Å². The van der Waals surface area contributed by atoms with Crippen molar-refractivity contribution in [3.05, 3.63) is 35.9 Å². The highest BCUT2D eigenvalue weighted by Gasteiger charge is 2.23. The van der Waals surface area contributed by atoms with Crippen LogP contribution in [0.5, 0.6) is 0 Å². The van der Waals surface area contributed by atoms with Crippen molar-refractivity contribution in [2.24, 2.45) is 5.73 Å². The third-order valence-electron chi connectivity index (χ3n) is 4.08. The summed E-state index contributed by atoms with van der Waals surface area (Å²) < 4.78 is 0. The Kier molecular flexibility index (Phi) is 5.83. The fraction of sp³-hybridized carbons (Fsp3) is 0.625. The first kappa shape index (κ1) is 14.5. The average Bonchev–Trinajstić information content (AvgIpc) is 2.46. The van der Waals surface area contributed by atoms with E-state index in [2.05, 4.69) is 47.1 Å². The van der Waals surface area contributed by atoms with E-state index in [1.807, 2.05) is 0 Å². The summed E-state index contributed by atoms with van der Waals surface area (Å²) in [5.41, 5.74) is 7.10. The highest BCUT2D eigenvalue weighted by molar-refractivity contribution is 5.14. The summed E-state index contributed by atoms with van der Waals surface area (Å²) in [4.78, 5) is 5.12. The van der Waals surface area contributed by atoms with E-state index in [0.717, 1.165) is 26.2 Å². The van der Waals surface area contributed by atoms with Gasteiger partial charge in [-0.1, -0.05) is 37.3 Å². The first-order valence-electron chi connectivity index (χ1n) is 7.54. The third-order valence-corrected chi connectivity index (χ3v) is 4.08. The maximum absolute atomic E-state index is 5.68. The molecule has 3 heteroatoms. The van der Waals surface area contributed by atoms with Crippen LogP contribution in [0.15, 0.2) is 30.3 Å². The molecule has 0 aromatic heterocycles. The lowest BCUT2D eigenvalue weighted by atomic mass is 10.0. The number of hydrogen-bond acceptors (Lipinski definition) is 3. The predicted octanol–water partition coefficient (Wildman–Crippen LogP) is 1.93. The lowest BCUT2D eigenvalue weighted by Gasteiger charge is -2.39. The molecular formula is C16H27N3. The highest BCUT2D eigenvalue weighted by atomic mass is 15.2. The van der Waals surface area contributed by atoms with Gasteiger partial charge in [-0.25, -0.2) is 0 Å². The molecule has 3 nitrogen and oxygen atoms in total. The molecule has 1 saturated heterocycles. The predicted molar refractivity (Wildman–Crippen MR) is 81.0 cm³/mol. The van der Waals surface area contributed by atoms with Crippen LogP contribution >= 0.6 is 0 Å². The number of benzene rings is 1. The molecule has 2 N–H and O–H groups in total. The molecule has 0 unspecified atom stereocenters. The number of nitrogens with zero attached hydrogens (tertiary/aromatic N) is 2. The second kappa shape index (κ2) is 7.63. The minimum absolute atomic E-state index is 0.686. The maximum atomic E-state index is 5.68. The van der Waals surface area contributed by atoms with Crippen molar-refractivity contribution >= 4 is 0 Å². The van der Waals surface area contributed by atoms with Gasteiger partial charge in [0.1, 0.15) is 0 Å². The summed E-state index contributed by atoms with van der Waals surface area (Å²) in [6.45, 7) is 8.67. The Bertz CT molecular complexity index is 350. The molecule has 1 heterocycles. The zero-order chi connectivity index (χ0) is 13.5. The van der Waals surface area contributed by atoms with Gasteiger partial charge in [0.2, 0.25) is 0 Å². The minimum Gasteiger partial charge on any atom is -0.329 e. The number of hydrogen-bond donors (Lipinski definition) is 1. The molecular weight excluding hydrogens is 234 g/mol. The van der Waals surface area contributed by atoms with Crippen molar-refractivity contribution in [2.45, 2.75) is 32.4 Å². The number of rotatable bonds is 6. The van der Waals surface area contributed by atoms with E-state index in [9.17, 15) is 0 Å². The molecule has 1 aromatic rings. The summed E-state index contributed by atoms with van der Waals surface area (Å²) in [5, 5.41) is 0. The van der Waals surface area contributed by atoms with Crippen molar-refractivity contribution in [1.29, 1.82) is 0 Å². The van der Waals surface area contributed by atoms with E-state index in [1.165, 1.54) is 31.5 Å². The Morgan fingerprint density at radius 3 is 2.79 bits per heavy atom. The van der Waals surface area contributed by atoms with Crippen molar-refractivity contribution in [1.82, 2.24) is 9.80 Å². The monoisotopic (exact) mass is 261 g/mol. The largest absolute Gasteiger partial charge is 0.329 e. The Labute approximate surface area is 117 Å². The molecule has 1 aliphatic rings. The third kappa shape index (κ3) is 4.30. The topological polar surface area (TPSA) is 32.5 Å². The van der Waals surface area contributed by atoms with Crippen molar-refractivity contribution < 1.29 is 0 Å². The summed E-state index contributed by atoms with van der Waals surface area (Å²) in [5.74, 6) is 0. The number of likely N-dealkylation sites (tertiary alicyclic amines) is 1. The van der Waals surface area contributed by atoms with Gasteiger partial charge in [0.25, 0.3) is 0 Å². The Morgan fingerprint density at radius 1 is 1.32 bits per heavy atom. The average molecular weight is 261 g/mol. The zero-order valence-corrected chi connectivity index (χ0v) is 12.1. The Balaban J connectivity index is 1.93. The van der Waals surface area contributed by atoms with Crippen molar-refractivity contribution in [3.63, 3.8) is 0 Å². The molecule has 0 radical (unpaired) electrons. The van der Waals surface area contributed by atoms with E-state index in [4.69, 9.17) is 5.73 Å². The van der Waals surface area contributed by atoms with Crippen molar-refractivity contribution in [3.8, 4) is 0 Å². The molecule has 0 aliphatic carbocycles. The fourth-order valence-electron chi connectivity index (χ4n) is 3.03. The van der Waals surface area contributed by atoms with E-state index < -0.39 is 0 Å². The van der Waals surface area contributed by atoms with Crippen LogP contribution in [0.2, 0.25) is 0 Å². The Hall–Kier alpha value is -0.900. The van der Waals surface area contributed by atoms with Crippen LogP contribution in [-0.2, 0) is 6.54 Å². The van der Waals surface area contributed by atoms with Crippen molar-refractivity contribution in [2.75, 3.05) is 32.7 Å². The van der Waals surface area contributed by atoms with Gasteiger partial charge in [0, 0.05) is 32.2 Å². The van der Waals surface area contributed by atoms with Crippen LogP contribution in [0.1, 0.15) is 25.3 Å². The maximum Gasteiger partial charge on any atom is 0.0237 e. The minimum atomic E-state index is 0.686. The van der Waals surface area contributed by atoms with Gasteiger partial charge < -0.3 is 10.6 Å². The lowest BCUT2D eigenvalue weighted by molar-refractivity contribution is 0.0977. The van der Waals surface area contributed by atoms with E-state index in [0.29, 0.717) is 6.04 Å². The van der Waals surface area contributed by atoms with E-state index in [1.54, 1.807) is 0 Å². The quantitative estimate of drug-likeness (QED) is 0.849. The van der Waals surface area contributed by atoms with Crippen LogP contribution < -0.4 is 5.73 Å². The van der Waals surface area contributed by atoms with Gasteiger partial charge in [-0.05, 0) is 31.5 Å². The van der Waals surface area contributed by atoms with E-state index >= 15 is 0 Å². The van der Waals surface area contributed by atoms with Gasteiger partial charge in [-0.15, -0.1) is 0 Å². The van der Waals surface area contributed by atoms with Crippen LogP contribution in [-0.4, -0.2) is 48.6 Å². The smallest absolute Gasteiger partial charge is 0.0237 e. The molecule has 1 aromatic carbocycles. The molecule has 0 saturated carbocycles. The first-order chi connectivity index (χ1) is 9.33. The summed E-state index contributed by atoms with van der Waals surface area (Å²) in [6.07, 6.45) is 2.62. The normalized spacial score (nSPS) is 20.9. The first-order valence-corrected chi connectivity index (χ1v) is 7.54. The summed E-state index contributed by atoms with van der Waals surface area (Å²) >= 11 is 0. The molecule has 0 amide bonds. The fourth-order valence-corrected chi connectivity index (χ4v) is 3.03. The van der Waals surface area contributed by atoms with Gasteiger partial charge in [-0.2, -0.15) is 0 Å². The van der Waals surface area contributed by atoms with Crippen LogP contribution in [0, 0.1) is 0 Å². The second-order valence-corrected chi connectivity index (χ2v) is 5.43. The van der Waals surface area contributed by atoms with E-state index in [-0.39, 0.29) is 0 Å². The molecule has 0 spiro atoms. The SMILES string of the molecule is CCN(Cc1ccccc1)[C@H]1CCCN(CCN)C1. The summed E-state index contributed by atoms with van der Waals surface area (Å²) in [7, 11) is 0. The molecule has 1 fully saturated rings. The molecule has 2 rings (SSSR count). The molecule has 106 valence electrons. The van der Waals surface area contributed by atoms with Gasteiger partial charge in [0.15, 0.2) is 0 Å². The Morgan fingerprint density at radius 2 is 2.11 bits per heavy atom. The zero-order valence-electron chi connectivity index (χ0n) is 12.1. The van der Waals surface area contributed by atoms with Gasteiger partial charge >= 0.3 is 0 Å². The highest BCUT2D eigenvalue weighted by Crippen LogP contribution is 2.17. The van der Waals surface area contributed by atoms with Gasteiger partial charge in [0.05, 0.1) is 0 Å². The molecule has 0 bridgehead atoms. The summed E-state index contributed by atoms with van der Waals surface area (Å²) in [6, 6.07) is 11.5.